The second kappa shape index (κ2) is 6.57. The van der Waals surface area contributed by atoms with Crippen molar-refractivity contribution in [2.45, 2.75) is 25.9 Å². The minimum absolute atomic E-state index is 0.0221. The highest BCUT2D eigenvalue weighted by Crippen LogP contribution is 2.38. The normalized spacial score (nSPS) is 19.7. The number of nitrogens with one attached hydrogen (secondary N) is 1. The molecule has 0 radical (unpaired) electrons. The quantitative estimate of drug-likeness (QED) is 0.712. The lowest BCUT2D eigenvalue weighted by molar-refractivity contribution is 0.357. The summed E-state index contributed by atoms with van der Waals surface area (Å²) in [5.41, 5.74) is 5.95. The van der Waals surface area contributed by atoms with E-state index < -0.39 is 0 Å². The maximum absolute atomic E-state index is 5.55. The third kappa shape index (κ3) is 2.78. The molecule has 26 heavy (non-hydrogen) atoms. The largest absolute Gasteiger partial charge is 0.352 e. The van der Waals surface area contributed by atoms with Gasteiger partial charge in [-0.25, -0.2) is 0 Å². The number of benzene rings is 1. The van der Waals surface area contributed by atoms with Crippen LogP contribution in [0.2, 0.25) is 0 Å². The van der Waals surface area contributed by atoms with Gasteiger partial charge >= 0.3 is 0 Å². The van der Waals surface area contributed by atoms with Gasteiger partial charge in [0.05, 0.1) is 17.8 Å². The number of nitrogens with zero attached hydrogens (tertiary/aromatic N) is 3. The molecule has 1 aliphatic rings. The number of hydrogen-bond acceptors (Lipinski definition) is 2. The average Bonchev–Trinajstić information content (AvgIpc) is 3.23. The zero-order chi connectivity index (χ0) is 18.3. The summed E-state index contributed by atoms with van der Waals surface area (Å²) in [5.74, 6) is 0. The van der Waals surface area contributed by atoms with Crippen LogP contribution >= 0.6 is 12.2 Å². The molecule has 1 fully saturated rings. The Labute approximate surface area is 159 Å². The van der Waals surface area contributed by atoms with Gasteiger partial charge in [-0.05, 0) is 73.6 Å². The van der Waals surface area contributed by atoms with E-state index in [4.69, 9.17) is 12.2 Å². The number of thiocarbonyl (C=S) groups is 1. The van der Waals surface area contributed by atoms with Crippen LogP contribution in [0.1, 0.15) is 34.6 Å². The van der Waals surface area contributed by atoms with Crippen molar-refractivity contribution >= 4 is 17.3 Å². The SMILES string of the molecule is Cc1ccc(-n2cccc2[C@H]2[C@@H](c3ccccn3)NC(=S)N2C)cc1C. The fraction of sp³-hybridized carbons (Fsp3) is 0.238. The van der Waals surface area contributed by atoms with Gasteiger partial charge in [-0.3, -0.25) is 4.98 Å². The smallest absolute Gasteiger partial charge is 0.169 e. The third-order valence-corrected chi connectivity index (χ3v) is 5.60. The Balaban J connectivity index is 1.80. The van der Waals surface area contributed by atoms with E-state index in [1.54, 1.807) is 0 Å². The van der Waals surface area contributed by atoms with E-state index in [1.165, 1.54) is 22.5 Å². The van der Waals surface area contributed by atoms with Crippen LogP contribution in [-0.2, 0) is 0 Å². The van der Waals surface area contributed by atoms with Crippen LogP contribution in [0, 0.1) is 13.8 Å². The van der Waals surface area contributed by atoms with Crippen molar-refractivity contribution in [1.29, 1.82) is 0 Å². The number of aromatic nitrogens is 2. The van der Waals surface area contributed by atoms with Crippen LogP contribution in [0.3, 0.4) is 0 Å². The average molecular weight is 363 g/mol. The van der Waals surface area contributed by atoms with E-state index in [0.29, 0.717) is 0 Å². The first kappa shape index (κ1) is 16.8. The Morgan fingerprint density at radius 3 is 2.62 bits per heavy atom. The summed E-state index contributed by atoms with van der Waals surface area (Å²) in [6.07, 6.45) is 3.95. The Kier molecular flexibility index (Phi) is 4.24. The highest BCUT2D eigenvalue weighted by molar-refractivity contribution is 7.80. The molecule has 0 amide bonds. The van der Waals surface area contributed by atoms with Crippen molar-refractivity contribution in [3.8, 4) is 5.69 Å². The van der Waals surface area contributed by atoms with E-state index in [1.807, 2.05) is 25.4 Å². The predicted octanol–water partition coefficient (Wildman–Crippen LogP) is 4.09. The molecule has 132 valence electrons. The minimum Gasteiger partial charge on any atom is -0.352 e. The van der Waals surface area contributed by atoms with E-state index in [-0.39, 0.29) is 12.1 Å². The van der Waals surface area contributed by atoms with Gasteiger partial charge in [0.2, 0.25) is 0 Å². The molecule has 5 heteroatoms. The minimum atomic E-state index is 0.0221. The van der Waals surface area contributed by atoms with Crippen LogP contribution in [0.15, 0.2) is 60.9 Å². The van der Waals surface area contributed by atoms with Crippen molar-refractivity contribution in [2.24, 2.45) is 0 Å². The fourth-order valence-electron chi connectivity index (χ4n) is 3.57. The summed E-state index contributed by atoms with van der Waals surface area (Å²) in [6, 6.07) is 16.9. The van der Waals surface area contributed by atoms with Crippen LogP contribution in [0.4, 0.5) is 0 Å². The van der Waals surface area contributed by atoms with Crippen LogP contribution < -0.4 is 5.32 Å². The van der Waals surface area contributed by atoms with Gasteiger partial charge in [0.15, 0.2) is 5.11 Å². The molecular formula is C21H22N4S. The van der Waals surface area contributed by atoms with Crippen molar-refractivity contribution in [1.82, 2.24) is 19.8 Å². The van der Waals surface area contributed by atoms with E-state index in [0.717, 1.165) is 10.8 Å². The van der Waals surface area contributed by atoms with Crippen LogP contribution in [0.25, 0.3) is 5.69 Å². The monoisotopic (exact) mass is 362 g/mol. The Hall–Kier alpha value is -2.66. The van der Waals surface area contributed by atoms with E-state index in [9.17, 15) is 0 Å². The maximum atomic E-state index is 5.55. The molecule has 0 bridgehead atoms. The summed E-state index contributed by atoms with van der Waals surface area (Å²) in [5, 5.41) is 4.19. The highest BCUT2D eigenvalue weighted by atomic mass is 32.1. The fourth-order valence-corrected chi connectivity index (χ4v) is 3.81. The highest BCUT2D eigenvalue weighted by Gasteiger charge is 2.39. The molecule has 3 aromatic rings. The summed E-state index contributed by atoms with van der Waals surface area (Å²) in [6.45, 7) is 4.29. The molecule has 1 aromatic carbocycles. The first-order valence-corrected chi connectivity index (χ1v) is 9.16. The van der Waals surface area contributed by atoms with Crippen molar-refractivity contribution < 1.29 is 0 Å². The number of hydrogen-bond donors (Lipinski definition) is 1. The number of aryl methyl sites for hydroxylation is 2. The van der Waals surface area contributed by atoms with E-state index >= 15 is 0 Å². The lowest BCUT2D eigenvalue weighted by Crippen LogP contribution is -2.25. The Bertz CT molecular complexity index is 948. The predicted molar refractivity (Wildman–Crippen MR) is 108 cm³/mol. The summed E-state index contributed by atoms with van der Waals surface area (Å²) in [4.78, 5) is 6.69. The lowest BCUT2D eigenvalue weighted by Gasteiger charge is -2.26. The standard InChI is InChI=1S/C21H22N4S/c1-14-9-10-16(13-15(14)2)25-12-6-8-18(25)20-19(23-21(26)24(20)3)17-7-4-5-11-22-17/h4-13,19-20H,1-3H3,(H,23,26)/t19-,20+/m1/s1. The first-order chi connectivity index (χ1) is 12.6. The second-order valence-electron chi connectivity index (χ2n) is 6.81. The van der Waals surface area contributed by atoms with Gasteiger partial charge in [0, 0.05) is 30.8 Å². The van der Waals surface area contributed by atoms with Gasteiger partial charge in [-0.2, -0.15) is 0 Å². The molecular weight excluding hydrogens is 340 g/mol. The Morgan fingerprint density at radius 2 is 1.88 bits per heavy atom. The summed E-state index contributed by atoms with van der Waals surface area (Å²) >= 11 is 5.55. The maximum Gasteiger partial charge on any atom is 0.169 e. The zero-order valence-corrected chi connectivity index (χ0v) is 16.0. The van der Waals surface area contributed by atoms with Crippen LogP contribution in [0.5, 0.6) is 0 Å². The van der Waals surface area contributed by atoms with Crippen LogP contribution in [-0.4, -0.2) is 26.6 Å². The molecule has 0 spiro atoms. The van der Waals surface area contributed by atoms with Gasteiger partial charge in [0.1, 0.15) is 0 Å². The number of likely N-dealkylation sites (N-methyl/N-ethyl adjacent to an activating group) is 1. The number of rotatable bonds is 3. The molecule has 0 aliphatic carbocycles. The molecule has 1 saturated heterocycles. The molecule has 1 N–H and O–H groups in total. The first-order valence-electron chi connectivity index (χ1n) is 8.75. The molecule has 4 nitrogen and oxygen atoms in total. The molecule has 1 aliphatic heterocycles. The molecule has 2 aromatic heterocycles. The zero-order valence-electron chi connectivity index (χ0n) is 15.2. The molecule has 3 heterocycles. The van der Waals surface area contributed by atoms with E-state index in [2.05, 4.69) is 76.2 Å². The van der Waals surface area contributed by atoms with Gasteiger partial charge < -0.3 is 14.8 Å². The molecule has 2 atom stereocenters. The number of pyridine rings is 1. The second-order valence-corrected chi connectivity index (χ2v) is 7.20. The summed E-state index contributed by atoms with van der Waals surface area (Å²) in [7, 11) is 2.04. The van der Waals surface area contributed by atoms with Gasteiger partial charge in [0.25, 0.3) is 0 Å². The van der Waals surface area contributed by atoms with Crippen molar-refractivity contribution in [2.75, 3.05) is 7.05 Å². The van der Waals surface area contributed by atoms with Gasteiger partial charge in [-0.1, -0.05) is 12.1 Å². The lowest BCUT2D eigenvalue weighted by atomic mass is 10.0. The Morgan fingerprint density at radius 1 is 1.04 bits per heavy atom. The molecule has 4 rings (SSSR count). The summed E-state index contributed by atoms with van der Waals surface area (Å²) < 4.78 is 2.25. The topological polar surface area (TPSA) is 33.1 Å². The molecule has 0 unspecified atom stereocenters. The third-order valence-electron chi connectivity index (χ3n) is 5.19. The van der Waals surface area contributed by atoms with Crippen molar-refractivity contribution in [3.63, 3.8) is 0 Å². The molecule has 0 saturated carbocycles. The van der Waals surface area contributed by atoms with Crippen molar-refractivity contribution in [3.05, 3.63) is 83.4 Å². The van der Waals surface area contributed by atoms with Gasteiger partial charge in [-0.15, -0.1) is 0 Å².